The minimum Gasteiger partial charge on any atom is -0.394 e. The third-order valence-corrected chi connectivity index (χ3v) is 6.38. The number of carbonyl (C=O) groups is 2. The molecule has 0 aliphatic rings. The fourth-order valence-electron chi connectivity index (χ4n) is 3.99. The summed E-state index contributed by atoms with van der Waals surface area (Å²) in [5, 5.41) is 33.4. The van der Waals surface area contributed by atoms with E-state index in [2.05, 4.69) is 72.9 Å². The minimum atomic E-state index is -1.35. The van der Waals surface area contributed by atoms with E-state index in [1.165, 1.54) is 0 Å². The fourth-order valence-corrected chi connectivity index (χ4v) is 3.99. The molecule has 210 valence electrons. The Labute approximate surface area is 215 Å². The van der Waals surface area contributed by atoms with Crippen LogP contribution in [0.5, 0.6) is 0 Å². The van der Waals surface area contributed by atoms with E-state index in [0.717, 1.165) is 6.42 Å². The summed E-state index contributed by atoms with van der Waals surface area (Å²) in [5.74, 6) is 0.233. The number of hydrogen-bond donors (Lipinski definition) is 5. The van der Waals surface area contributed by atoms with Crippen molar-refractivity contribution in [2.24, 2.45) is 34.0 Å². The van der Waals surface area contributed by atoms with E-state index in [1.807, 2.05) is 27.7 Å². The summed E-state index contributed by atoms with van der Waals surface area (Å²) in [4.78, 5) is 24.6. The van der Waals surface area contributed by atoms with Crippen molar-refractivity contribution >= 4 is 11.8 Å². The van der Waals surface area contributed by atoms with Gasteiger partial charge in [0.15, 0.2) is 0 Å². The second-order valence-corrected chi connectivity index (χ2v) is 13.8. The van der Waals surface area contributed by atoms with Gasteiger partial charge in [-0.15, -0.1) is 0 Å². The zero-order valence-corrected chi connectivity index (χ0v) is 25.0. The molecule has 0 aromatic rings. The Morgan fingerprint density at radius 3 is 1.43 bits per heavy atom. The van der Waals surface area contributed by atoms with Gasteiger partial charge in [0.1, 0.15) is 5.54 Å². The average molecular weight is 503 g/mol. The number of nitrogens with one attached hydrogen (secondary N) is 2. The third-order valence-electron chi connectivity index (χ3n) is 6.38. The number of carbonyl (C=O) groups excluding carboxylic acids is 2. The molecule has 0 bridgehead atoms. The van der Waals surface area contributed by atoms with E-state index in [0.29, 0.717) is 12.3 Å². The first kappa shape index (κ1) is 36.0. The van der Waals surface area contributed by atoms with Crippen LogP contribution in [-0.4, -0.2) is 58.5 Å². The summed E-state index contributed by atoms with van der Waals surface area (Å²) < 4.78 is 0. The molecule has 0 aliphatic carbocycles. The standard InChI is InChI=1S/C14H29NO4.C14H29NO/c1-10(2)11(6-13(3,4)5)12(19)15-14(7-16,8-17)9-18;1-10(2)14(8,9-13(5,6)7)12(16)15-11(3)4/h10-11,16-18H,6-9H2,1-5H3,(H,15,19);10-11H,9H2,1-8H3,(H,15,16). The summed E-state index contributed by atoms with van der Waals surface area (Å²) in [6.45, 7) is 25.6. The molecule has 2 atom stereocenters. The van der Waals surface area contributed by atoms with E-state index in [1.54, 1.807) is 0 Å². The molecule has 0 aromatic carbocycles. The van der Waals surface area contributed by atoms with Gasteiger partial charge in [-0.2, -0.15) is 0 Å². The highest BCUT2D eigenvalue weighted by Gasteiger charge is 2.40. The second kappa shape index (κ2) is 14.5. The maximum absolute atomic E-state index is 12.3. The van der Waals surface area contributed by atoms with Crippen molar-refractivity contribution in [3.8, 4) is 0 Å². The van der Waals surface area contributed by atoms with Gasteiger partial charge in [-0.25, -0.2) is 0 Å². The zero-order chi connectivity index (χ0) is 28.4. The summed E-state index contributed by atoms with van der Waals surface area (Å²) in [6, 6.07) is 0.213. The maximum atomic E-state index is 12.3. The topological polar surface area (TPSA) is 119 Å². The summed E-state index contributed by atoms with van der Waals surface area (Å²) in [7, 11) is 0. The SMILES string of the molecule is CC(C)C(CC(C)(C)C)C(=O)NC(CO)(CO)CO.CC(C)NC(=O)C(C)(CC(C)(C)C)C(C)C. The van der Waals surface area contributed by atoms with Crippen LogP contribution in [0, 0.1) is 34.0 Å². The van der Waals surface area contributed by atoms with Gasteiger partial charge in [0, 0.05) is 17.4 Å². The van der Waals surface area contributed by atoms with Gasteiger partial charge in [0.2, 0.25) is 11.8 Å². The molecule has 2 amide bonds. The van der Waals surface area contributed by atoms with E-state index >= 15 is 0 Å². The number of hydrogen-bond acceptors (Lipinski definition) is 5. The Bertz CT molecular complexity index is 620. The lowest BCUT2D eigenvalue weighted by Crippen LogP contribution is -2.58. The largest absolute Gasteiger partial charge is 0.394 e. The molecule has 0 spiro atoms. The lowest BCUT2D eigenvalue weighted by Gasteiger charge is -2.38. The molecule has 0 aliphatic heterocycles. The zero-order valence-electron chi connectivity index (χ0n) is 25.0. The van der Waals surface area contributed by atoms with Crippen molar-refractivity contribution in [3.05, 3.63) is 0 Å². The number of amides is 2. The molecule has 2 unspecified atom stereocenters. The Morgan fingerprint density at radius 2 is 1.17 bits per heavy atom. The smallest absolute Gasteiger partial charge is 0.226 e. The minimum absolute atomic E-state index is 0.00653. The number of rotatable bonds is 11. The molecule has 0 fully saturated rings. The molecule has 0 saturated heterocycles. The average Bonchev–Trinajstić information content (AvgIpc) is 2.68. The van der Waals surface area contributed by atoms with Gasteiger partial charge < -0.3 is 26.0 Å². The van der Waals surface area contributed by atoms with Gasteiger partial charge in [0.05, 0.1) is 19.8 Å². The molecule has 0 heterocycles. The van der Waals surface area contributed by atoms with Crippen molar-refractivity contribution < 1.29 is 24.9 Å². The Morgan fingerprint density at radius 1 is 0.743 bits per heavy atom. The van der Waals surface area contributed by atoms with Crippen LogP contribution < -0.4 is 10.6 Å². The van der Waals surface area contributed by atoms with Crippen LogP contribution >= 0.6 is 0 Å². The van der Waals surface area contributed by atoms with E-state index in [9.17, 15) is 24.9 Å². The molecular weight excluding hydrogens is 444 g/mol. The van der Waals surface area contributed by atoms with Crippen molar-refractivity contribution in [1.82, 2.24) is 10.6 Å². The molecule has 0 rings (SSSR count). The predicted molar refractivity (Wildman–Crippen MR) is 145 cm³/mol. The molecule has 0 aromatic heterocycles. The van der Waals surface area contributed by atoms with Gasteiger partial charge in [-0.3, -0.25) is 9.59 Å². The van der Waals surface area contributed by atoms with Crippen molar-refractivity contribution in [2.75, 3.05) is 19.8 Å². The fraction of sp³-hybridized carbons (Fsp3) is 0.929. The third kappa shape index (κ3) is 13.6. The Balaban J connectivity index is 0. The highest BCUT2D eigenvalue weighted by Crippen LogP contribution is 2.39. The van der Waals surface area contributed by atoms with Crippen LogP contribution in [0.4, 0.5) is 0 Å². The molecule has 5 N–H and O–H groups in total. The van der Waals surface area contributed by atoms with E-state index < -0.39 is 25.4 Å². The van der Waals surface area contributed by atoms with Gasteiger partial charge in [0.25, 0.3) is 0 Å². The molecule has 0 saturated carbocycles. The first-order chi connectivity index (χ1) is 15.6. The lowest BCUT2D eigenvalue weighted by atomic mass is 9.68. The van der Waals surface area contributed by atoms with Gasteiger partial charge in [-0.05, 0) is 49.4 Å². The van der Waals surface area contributed by atoms with Gasteiger partial charge in [-0.1, -0.05) is 76.2 Å². The number of aliphatic hydroxyl groups is 3. The summed E-state index contributed by atoms with van der Waals surface area (Å²) in [5.41, 5.74) is -1.44. The first-order valence-corrected chi connectivity index (χ1v) is 13.0. The summed E-state index contributed by atoms with van der Waals surface area (Å²) >= 11 is 0. The summed E-state index contributed by atoms with van der Waals surface area (Å²) in [6.07, 6.45) is 1.62. The molecule has 35 heavy (non-hydrogen) atoms. The maximum Gasteiger partial charge on any atom is 0.226 e. The van der Waals surface area contributed by atoms with Crippen molar-refractivity contribution in [1.29, 1.82) is 0 Å². The highest BCUT2D eigenvalue weighted by molar-refractivity contribution is 5.82. The quantitative estimate of drug-likeness (QED) is 0.291. The molecule has 7 heteroatoms. The van der Waals surface area contributed by atoms with E-state index in [4.69, 9.17) is 0 Å². The van der Waals surface area contributed by atoms with Crippen molar-refractivity contribution in [2.45, 2.75) is 114 Å². The Hall–Kier alpha value is -1.18. The van der Waals surface area contributed by atoms with Crippen LogP contribution in [0.2, 0.25) is 0 Å². The monoisotopic (exact) mass is 502 g/mol. The van der Waals surface area contributed by atoms with Crippen LogP contribution in [0.1, 0.15) is 103 Å². The first-order valence-electron chi connectivity index (χ1n) is 13.0. The van der Waals surface area contributed by atoms with Crippen LogP contribution in [0.15, 0.2) is 0 Å². The van der Waals surface area contributed by atoms with Crippen LogP contribution in [0.25, 0.3) is 0 Å². The van der Waals surface area contributed by atoms with Crippen LogP contribution in [-0.2, 0) is 9.59 Å². The number of aliphatic hydroxyl groups excluding tert-OH is 3. The lowest BCUT2D eigenvalue weighted by molar-refractivity contribution is -0.135. The Kier molecular flexibility index (Phi) is 14.9. The van der Waals surface area contributed by atoms with Gasteiger partial charge >= 0.3 is 0 Å². The van der Waals surface area contributed by atoms with Crippen molar-refractivity contribution in [3.63, 3.8) is 0 Å². The molecular formula is C28H58N2O5. The second-order valence-electron chi connectivity index (χ2n) is 13.8. The predicted octanol–water partition coefficient (Wildman–Crippen LogP) is 4.14. The molecule has 7 nitrogen and oxygen atoms in total. The normalized spacial score (nSPS) is 15.4. The highest BCUT2D eigenvalue weighted by atomic mass is 16.3. The molecule has 0 radical (unpaired) electrons. The van der Waals surface area contributed by atoms with E-state index in [-0.39, 0.29) is 45.9 Å². The van der Waals surface area contributed by atoms with Crippen LogP contribution in [0.3, 0.4) is 0 Å².